The fraction of sp³-hybridized carbons (Fsp3) is 0.0714. The maximum Gasteiger partial charge on any atom is 1.00 e. The molecule has 0 saturated heterocycles. The van der Waals surface area contributed by atoms with Gasteiger partial charge in [0.05, 0.1) is 0 Å². The first-order valence-corrected chi connectivity index (χ1v) is 5.18. The Bertz CT molecular complexity index is 555. The van der Waals surface area contributed by atoms with Crippen LogP contribution in [0.3, 0.4) is 0 Å². The smallest absolute Gasteiger partial charge is 0.505 e. The maximum atomic E-state index is 13.5. The van der Waals surface area contributed by atoms with Gasteiger partial charge in [-0.05, 0) is 34.9 Å². The topological polar surface area (TPSA) is 20.2 Å². The summed E-state index contributed by atoms with van der Waals surface area (Å²) < 4.78 is 26.7. The number of phenolic OH excluding ortho intramolecular Hbond substituents is 1. The first-order chi connectivity index (χ1) is 8.11. The molecule has 0 aromatic heterocycles. The molecule has 1 N–H and O–H groups in total. The summed E-state index contributed by atoms with van der Waals surface area (Å²) in [5.41, 5.74) is 1.61. The molecule has 0 amide bonds. The van der Waals surface area contributed by atoms with Crippen LogP contribution in [0, 0.1) is 18.6 Å². The van der Waals surface area contributed by atoms with E-state index in [0.29, 0.717) is 23.1 Å². The molecule has 0 radical (unpaired) electrons. The number of halogens is 2. The number of benzene rings is 2. The molecule has 0 fully saturated rings. The van der Waals surface area contributed by atoms with E-state index in [2.05, 4.69) is 6.92 Å². The van der Waals surface area contributed by atoms with Crippen LogP contribution in [0.5, 0.6) is 5.75 Å². The first-order valence-electron chi connectivity index (χ1n) is 5.18. The van der Waals surface area contributed by atoms with Crippen molar-refractivity contribution in [1.29, 1.82) is 0 Å². The third-order valence-corrected chi connectivity index (χ3v) is 2.60. The van der Waals surface area contributed by atoms with Crippen molar-refractivity contribution in [3.8, 4) is 16.9 Å². The molecule has 0 heterocycles. The van der Waals surface area contributed by atoms with Crippen molar-refractivity contribution in [3.63, 3.8) is 0 Å². The molecule has 0 aliphatic carbocycles. The molecule has 1 nitrogen and oxygen atoms in total. The number of rotatable bonds is 2. The summed E-state index contributed by atoms with van der Waals surface area (Å²) in [6.07, 6.45) is 0.371. The second kappa shape index (κ2) is 6.89. The van der Waals surface area contributed by atoms with Gasteiger partial charge < -0.3 is 12.0 Å². The second-order valence-corrected chi connectivity index (χ2v) is 3.72. The summed E-state index contributed by atoms with van der Waals surface area (Å²) in [7, 11) is 0. The molecule has 2 aromatic rings. The van der Waals surface area contributed by atoms with Crippen LogP contribution in [0.2, 0.25) is 0 Å². The van der Waals surface area contributed by atoms with Gasteiger partial charge in [0.15, 0.2) is 11.6 Å². The normalized spacial score (nSPS) is 9.94. The zero-order valence-electron chi connectivity index (χ0n) is 10.1. The third kappa shape index (κ3) is 3.47. The zero-order valence-corrected chi connectivity index (χ0v) is 15.0. The fourth-order valence-corrected chi connectivity index (χ4v) is 1.62. The second-order valence-electron chi connectivity index (χ2n) is 3.72. The minimum Gasteiger partial charge on any atom is -0.505 e. The van der Waals surface area contributed by atoms with Gasteiger partial charge in [0, 0.05) is 0 Å². The molecule has 0 spiro atoms. The molecular weight excluding hydrogens is 308 g/mol. The van der Waals surface area contributed by atoms with E-state index < -0.39 is 11.6 Å². The average molecular weight is 319 g/mol. The summed E-state index contributed by atoms with van der Waals surface area (Å²) in [5, 5.41) is 9.07. The van der Waals surface area contributed by atoms with Gasteiger partial charge in [-0.25, -0.2) is 8.78 Å². The largest absolute Gasteiger partial charge is 1.00 e. The summed E-state index contributed by atoms with van der Waals surface area (Å²) in [6.45, 7) is 3.61. The van der Waals surface area contributed by atoms with Gasteiger partial charge in [-0.15, -0.1) is 0 Å². The van der Waals surface area contributed by atoms with E-state index >= 15 is 0 Å². The maximum absolute atomic E-state index is 13.5. The Morgan fingerprint density at radius 1 is 0.944 bits per heavy atom. The zero-order chi connectivity index (χ0) is 12.4. The molecule has 0 unspecified atom stereocenters. The van der Waals surface area contributed by atoms with Crippen LogP contribution in [-0.4, -0.2) is 5.11 Å². The number of hydrogen-bond acceptors (Lipinski definition) is 1. The van der Waals surface area contributed by atoms with Gasteiger partial charge in [0.25, 0.3) is 0 Å². The minimum absolute atomic E-state index is 0. The van der Waals surface area contributed by atoms with Crippen LogP contribution in [0.25, 0.3) is 11.1 Å². The van der Waals surface area contributed by atoms with Gasteiger partial charge in [-0.1, -0.05) is 18.2 Å². The van der Waals surface area contributed by atoms with Gasteiger partial charge >= 0.3 is 58.2 Å². The summed E-state index contributed by atoms with van der Waals surface area (Å²) in [6, 6.07) is 8.63. The van der Waals surface area contributed by atoms with E-state index in [0.717, 1.165) is 0 Å². The predicted molar refractivity (Wildman–Crippen MR) is 62.5 cm³/mol. The van der Waals surface area contributed by atoms with Crippen molar-refractivity contribution in [2.45, 2.75) is 6.42 Å². The predicted octanol–water partition coefficient (Wildman–Crippen LogP) is 0.718. The Balaban J connectivity index is 0.00000162. The summed E-state index contributed by atoms with van der Waals surface area (Å²) in [5.74, 6) is -1.49. The van der Waals surface area contributed by atoms with Crippen molar-refractivity contribution in [3.05, 3.63) is 60.5 Å². The van der Waals surface area contributed by atoms with Gasteiger partial charge in [-0.2, -0.15) is 6.42 Å². The molecule has 18 heavy (non-hydrogen) atoms. The van der Waals surface area contributed by atoms with Gasteiger partial charge in [0.1, 0.15) is 5.82 Å². The van der Waals surface area contributed by atoms with Crippen LogP contribution >= 0.6 is 0 Å². The van der Waals surface area contributed by atoms with Gasteiger partial charge in [0.2, 0.25) is 0 Å². The quantitative estimate of drug-likeness (QED) is 0.809. The van der Waals surface area contributed by atoms with E-state index in [-0.39, 0.29) is 64.0 Å². The molecule has 0 aliphatic rings. The Morgan fingerprint density at radius 3 is 2.00 bits per heavy atom. The minimum atomic E-state index is -0.718. The summed E-state index contributed by atoms with van der Waals surface area (Å²) in [4.78, 5) is 0. The first kappa shape index (κ1) is 16.0. The van der Waals surface area contributed by atoms with Crippen LogP contribution in [-0.2, 0) is 6.42 Å². The van der Waals surface area contributed by atoms with Gasteiger partial charge in [-0.3, -0.25) is 0 Å². The van der Waals surface area contributed by atoms with Crippen LogP contribution in [0.15, 0.2) is 36.4 Å². The Morgan fingerprint density at radius 2 is 1.50 bits per heavy atom. The SMILES string of the molecule is [CH2-]Cc1ccc(-c2ccc(O)c(F)c2)cc1F.[Rb+]. The number of hydrogen-bond donors (Lipinski definition) is 1. The van der Waals surface area contributed by atoms with E-state index in [4.69, 9.17) is 5.11 Å². The van der Waals surface area contributed by atoms with Crippen molar-refractivity contribution < 1.29 is 72.1 Å². The average Bonchev–Trinajstić information content (AvgIpc) is 2.32. The van der Waals surface area contributed by atoms with E-state index in [1.165, 1.54) is 24.3 Å². The molecule has 0 saturated carbocycles. The van der Waals surface area contributed by atoms with Crippen LogP contribution in [0.1, 0.15) is 5.56 Å². The van der Waals surface area contributed by atoms with E-state index in [9.17, 15) is 8.78 Å². The number of phenols is 1. The number of aromatic hydroxyl groups is 1. The monoisotopic (exact) mass is 318 g/mol. The molecule has 0 aliphatic heterocycles. The Hall–Kier alpha value is -0.0948. The molecule has 4 heteroatoms. The standard InChI is InChI=1S/C14H11F2O.Rb/c1-2-9-3-4-10(7-12(9)15)11-5-6-14(17)13(16)8-11;/h3-8,17H,1-2H2;/q-1;+1. The molecule has 2 aromatic carbocycles. The third-order valence-electron chi connectivity index (χ3n) is 2.60. The van der Waals surface area contributed by atoms with Crippen molar-refractivity contribution in [1.82, 2.24) is 0 Å². The Labute approximate surface area is 154 Å². The van der Waals surface area contributed by atoms with Crippen molar-refractivity contribution in [2.24, 2.45) is 0 Å². The van der Waals surface area contributed by atoms with Crippen molar-refractivity contribution >= 4 is 0 Å². The molecular formula is C14H11F2ORb. The van der Waals surface area contributed by atoms with E-state index in [1.54, 1.807) is 12.1 Å². The molecule has 2 rings (SSSR count). The molecule has 0 bridgehead atoms. The van der Waals surface area contributed by atoms with Crippen LogP contribution < -0.4 is 58.2 Å². The fourth-order valence-electron chi connectivity index (χ4n) is 1.62. The van der Waals surface area contributed by atoms with Crippen molar-refractivity contribution in [2.75, 3.05) is 0 Å². The Kier molecular flexibility index (Phi) is 6.11. The molecule has 88 valence electrons. The van der Waals surface area contributed by atoms with Crippen LogP contribution in [0.4, 0.5) is 8.78 Å². The summed E-state index contributed by atoms with van der Waals surface area (Å²) >= 11 is 0. The molecule has 0 atom stereocenters. The van der Waals surface area contributed by atoms with E-state index in [1.807, 2.05) is 0 Å².